The second kappa shape index (κ2) is 6.21. The van der Waals surface area contributed by atoms with Crippen LogP contribution in [0.15, 0.2) is 36.5 Å². The molecule has 0 bridgehead atoms. The number of hydrogen-bond donors (Lipinski definition) is 1. The number of ether oxygens (including phenoxy) is 1. The largest absolute Gasteiger partial charge is 0.494 e. The van der Waals surface area contributed by atoms with Crippen LogP contribution >= 0.6 is 0 Å². The van der Waals surface area contributed by atoms with E-state index in [1.54, 1.807) is 6.20 Å². The number of fused-ring (bicyclic) bond motifs is 1. The molecule has 0 aliphatic carbocycles. The number of rotatable bonds is 6. The van der Waals surface area contributed by atoms with Gasteiger partial charge in [0.15, 0.2) is 0 Å². The van der Waals surface area contributed by atoms with Crippen LogP contribution in [-0.2, 0) is 0 Å². The molecule has 0 aliphatic heterocycles. The van der Waals surface area contributed by atoms with Gasteiger partial charge in [0.05, 0.1) is 12.1 Å². The predicted octanol–water partition coefficient (Wildman–Crippen LogP) is 2.74. The smallest absolute Gasteiger partial charge is 0.120 e. The van der Waals surface area contributed by atoms with Gasteiger partial charge in [0.2, 0.25) is 0 Å². The number of nitrogens with two attached hydrogens (primary N) is 1. The first kappa shape index (κ1) is 11.9. The number of benzene rings is 1. The summed E-state index contributed by atoms with van der Waals surface area (Å²) < 4.78 is 5.69. The van der Waals surface area contributed by atoms with E-state index >= 15 is 0 Å². The molecule has 2 aromatic rings. The highest BCUT2D eigenvalue weighted by atomic mass is 16.5. The molecular weight excluding hydrogens is 212 g/mol. The van der Waals surface area contributed by atoms with Crippen LogP contribution in [0.5, 0.6) is 5.75 Å². The molecule has 1 heterocycles. The summed E-state index contributed by atoms with van der Waals surface area (Å²) >= 11 is 0. The second-order valence-corrected chi connectivity index (χ2v) is 4.06. The van der Waals surface area contributed by atoms with Crippen LogP contribution in [0, 0.1) is 0 Å². The van der Waals surface area contributed by atoms with E-state index in [1.165, 1.54) is 0 Å². The minimum atomic E-state index is 0.756. The summed E-state index contributed by atoms with van der Waals surface area (Å²) in [5, 5.41) is 1.12. The summed E-state index contributed by atoms with van der Waals surface area (Å²) in [7, 11) is 0. The van der Waals surface area contributed by atoms with Crippen molar-refractivity contribution in [2.45, 2.75) is 19.3 Å². The van der Waals surface area contributed by atoms with E-state index in [2.05, 4.69) is 4.98 Å². The highest BCUT2D eigenvalue weighted by molar-refractivity contribution is 5.79. The summed E-state index contributed by atoms with van der Waals surface area (Å²) in [6.07, 6.45) is 5.06. The van der Waals surface area contributed by atoms with Gasteiger partial charge in [-0.1, -0.05) is 6.07 Å². The van der Waals surface area contributed by atoms with E-state index in [1.807, 2.05) is 30.3 Å². The van der Waals surface area contributed by atoms with Gasteiger partial charge in [-0.3, -0.25) is 4.98 Å². The lowest BCUT2D eigenvalue weighted by molar-refractivity contribution is 0.306. The minimum Gasteiger partial charge on any atom is -0.494 e. The lowest BCUT2D eigenvalue weighted by Gasteiger charge is -2.06. The Morgan fingerprint density at radius 1 is 1.12 bits per heavy atom. The van der Waals surface area contributed by atoms with Crippen LogP contribution in [0.4, 0.5) is 0 Å². The average Bonchev–Trinajstić information content (AvgIpc) is 2.38. The summed E-state index contributed by atoms with van der Waals surface area (Å²) in [6.45, 7) is 1.52. The van der Waals surface area contributed by atoms with Crippen molar-refractivity contribution in [3.8, 4) is 5.75 Å². The molecule has 0 unspecified atom stereocenters. The molecule has 0 saturated carbocycles. The van der Waals surface area contributed by atoms with E-state index in [-0.39, 0.29) is 0 Å². The Labute approximate surface area is 102 Å². The number of unbranched alkanes of at least 4 members (excludes halogenated alkanes) is 2. The summed E-state index contributed by atoms with van der Waals surface area (Å²) in [5.74, 6) is 0.915. The Balaban J connectivity index is 1.90. The van der Waals surface area contributed by atoms with Crippen molar-refractivity contribution in [1.82, 2.24) is 4.98 Å². The van der Waals surface area contributed by atoms with E-state index < -0.39 is 0 Å². The normalized spacial score (nSPS) is 10.6. The van der Waals surface area contributed by atoms with E-state index in [0.29, 0.717) is 0 Å². The fourth-order valence-corrected chi connectivity index (χ4v) is 1.76. The van der Waals surface area contributed by atoms with Gasteiger partial charge >= 0.3 is 0 Å². The fraction of sp³-hybridized carbons (Fsp3) is 0.357. The van der Waals surface area contributed by atoms with Gasteiger partial charge in [-0.2, -0.15) is 0 Å². The third-order valence-electron chi connectivity index (χ3n) is 2.69. The Morgan fingerprint density at radius 2 is 2.06 bits per heavy atom. The molecule has 90 valence electrons. The molecule has 0 fully saturated rings. The zero-order valence-corrected chi connectivity index (χ0v) is 9.93. The minimum absolute atomic E-state index is 0.756. The van der Waals surface area contributed by atoms with Gasteiger partial charge in [-0.25, -0.2) is 0 Å². The molecule has 0 radical (unpaired) electrons. The molecular formula is C14H18N2O. The van der Waals surface area contributed by atoms with Crippen molar-refractivity contribution < 1.29 is 4.74 Å². The third kappa shape index (κ3) is 3.43. The molecule has 3 heteroatoms. The number of pyridine rings is 1. The molecule has 0 amide bonds. The highest BCUT2D eigenvalue weighted by Crippen LogP contribution is 2.19. The van der Waals surface area contributed by atoms with Crippen molar-refractivity contribution in [2.75, 3.05) is 13.2 Å². The first-order valence-corrected chi connectivity index (χ1v) is 6.08. The monoisotopic (exact) mass is 230 g/mol. The lowest BCUT2D eigenvalue weighted by atomic mass is 10.2. The summed E-state index contributed by atoms with van der Waals surface area (Å²) in [5.41, 5.74) is 6.44. The molecule has 2 N–H and O–H groups in total. The summed E-state index contributed by atoms with van der Waals surface area (Å²) in [6, 6.07) is 9.98. The Kier molecular flexibility index (Phi) is 4.33. The molecule has 0 atom stereocenters. The van der Waals surface area contributed by atoms with E-state index in [0.717, 1.165) is 49.1 Å². The molecule has 3 nitrogen and oxygen atoms in total. The van der Waals surface area contributed by atoms with Gasteiger partial charge in [-0.15, -0.1) is 0 Å². The van der Waals surface area contributed by atoms with Gasteiger partial charge in [0.1, 0.15) is 5.75 Å². The Hall–Kier alpha value is -1.61. The van der Waals surface area contributed by atoms with Crippen LogP contribution in [0.1, 0.15) is 19.3 Å². The van der Waals surface area contributed by atoms with E-state index in [4.69, 9.17) is 10.5 Å². The maximum absolute atomic E-state index is 5.69. The zero-order chi connectivity index (χ0) is 11.9. The van der Waals surface area contributed by atoms with Crippen molar-refractivity contribution in [2.24, 2.45) is 5.73 Å². The van der Waals surface area contributed by atoms with Crippen LogP contribution in [0.2, 0.25) is 0 Å². The molecule has 17 heavy (non-hydrogen) atoms. The number of hydrogen-bond acceptors (Lipinski definition) is 3. The molecule has 0 spiro atoms. The fourth-order valence-electron chi connectivity index (χ4n) is 1.76. The van der Waals surface area contributed by atoms with Gasteiger partial charge in [0.25, 0.3) is 0 Å². The van der Waals surface area contributed by atoms with Crippen LogP contribution in [-0.4, -0.2) is 18.1 Å². The van der Waals surface area contributed by atoms with E-state index in [9.17, 15) is 0 Å². The van der Waals surface area contributed by atoms with Crippen LogP contribution in [0.3, 0.4) is 0 Å². The highest BCUT2D eigenvalue weighted by Gasteiger charge is 1.97. The Morgan fingerprint density at radius 3 is 2.94 bits per heavy atom. The number of nitrogens with zero attached hydrogens (tertiary/aromatic N) is 1. The standard InChI is InChI=1S/C14H18N2O/c15-8-2-1-3-10-17-13-6-7-14-12(11-13)5-4-9-16-14/h4-7,9,11H,1-3,8,10,15H2. The van der Waals surface area contributed by atoms with Crippen molar-refractivity contribution in [1.29, 1.82) is 0 Å². The SMILES string of the molecule is NCCCCCOc1ccc2ncccc2c1. The zero-order valence-electron chi connectivity index (χ0n) is 9.93. The van der Waals surface area contributed by atoms with Crippen LogP contribution in [0.25, 0.3) is 10.9 Å². The van der Waals surface area contributed by atoms with Gasteiger partial charge in [-0.05, 0) is 50.1 Å². The van der Waals surface area contributed by atoms with Crippen molar-refractivity contribution in [3.63, 3.8) is 0 Å². The quantitative estimate of drug-likeness (QED) is 0.776. The second-order valence-electron chi connectivity index (χ2n) is 4.06. The molecule has 1 aromatic heterocycles. The van der Waals surface area contributed by atoms with Crippen LogP contribution < -0.4 is 10.5 Å². The molecule has 0 aliphatic rings. The molecule has 1 aromatic carbocycles. The molecule has 0 saturated heterocycles. The maximum atomic E-state index is 5.69. The van der Waals surface area contributed by atoms with Crippen molar-refractivity contribution >= 4 is 10.9 Å². The first-order chi connectivity index (χ1) is 8.40. The third-order valence-corrected chi connectivity index (χ3v) is 2.69. The Bertz CT molecular complexity index is 470. The summed E-state index contributed by atoms with van der Waals surface area (Å²) in [4.78, 5) is 4.27. The van der Waals surface area contributed by atoms with Gasteiger partial charge in [0, 0.05) is 11.6 Å². The number of aromatic nitrogens is 1. The first-order valence-electron chi connectivity index (χ1n) is 6.08. The van der Waals surface area contributed by atoms with Gasteiger partial charge < -0.3 is 10.5 Å². The average molecular weight is 230 g/mol. The topological polar surface area (TPSA) is 48.1 Å². The maximum Gasteiger partial charge on any atom is 0.120 e. The molecule has 2 rings (SSSR count). The van der Waals surface area contributed by atoms with Crippen molar-refractivity contribution in [3.05, 3.63) is 36.5 Å². The lowest BCUT2D eigenvalue weighted by Crippen LogP contribution is -2.01. The predicted molar refractivity (Wildman–Crippen MR) is 70.1 cm³/mol.